The molecule has 0 aromatic heterocycles. The fourth-order valence-electron chi connectivity index (χ4n) is 2.13. The Kier molecular flexibility index (Phi) is 4.55. The molecule has 0 spiro atoms. The molecule has 1 aromatic rings. The molecule has 5 nitrogen and oxygen atoms in total. The lowest BCUT2D eigenvalue weighted by atomic mass is 9.96. The number of alkyl halides is 1. The summed E-state index contributed by atoms with van der Waals surface area (Å²) in [4.78, 5) is 24.0. The molecule has 1 aliphatic rings. The van der Waals surface area contributed by atoms with Crippen LogP contribution in [0.25, 0.3) is 0 Å². The highest BCUT2D eigenvalue weighted by Crippen LogP contribution is 2.21. The van der Waals surface area contributed by atoms with E-state index in [1.807, 2.05) is 30.3 Å². The Hall–Kier alpha value is -2.11. The van der Waals surface area contributed by atoms with Crippen LogP contribution in [0.15, 0.2) is 30.3 Å². The molecule has 1 aromatic carbocycles. The number of hydrogen-bond donors (Lipinski definition) is 1. The fourth-order valence-corrected chi connectivity index (χ4v) is 2.13. The van der Waals surface area contributed by atoms with Gasteiger partial charge in [0.1, 0.15) is 18.7 Å². The van der Waals surface area contributed by atoms with E-state index in [1.165, 1.54) is 4.90 Å². The number of amides is 1. The Labute approximate surface area is 116 Å². The Balaban J connectivity index is 1.88. The van der Waals surface area contributed by atoms with Gasteiger partial charge in [0.25, 0.3) is 0 Å². The van der Waals surface area contributed by atoms with Crippen LogP contribution in [0, 0.1) is 5.92 Å². The first-order valence-electron chi connectivity index (χ1n) is 6.40. The van der Waals surface area contributed by atoms with Gasteiger partial charge in [-0.15, -0.1) is 0 Å². The SMILES string of the molecule is O=C(O)C1CN(C(=O)OCc2ccccc2)CCC1F. The van der Waals surface area contributed by atoms with Crippen LogP contribution < -0.4 is 0 Å². The highest BCUT2D eigenvalue weighted by molar-refractivity contribution is 5.73. The summed E-state index contributed by atoms with van der Waals surface area (Å²) < 4.78 is 18.5. The molecule has 1 amide bonds. The molecule has 2 atom stereocenters. The summed E-state index contributed by atoms with van der Waals surface area (Å²) in [6.45, 7) is 0.148. The molecule has 2 unspecified atom stereocenters. The van der Waals surface area contributed by atoms with E-state index in [2.05, 4.69) is 0 Å². The molecule has 0 bridgehead atoms. The van der Waals surface area contributed by atoms with Gasteiger partial charge < -0.3 is 14.7 Å². The van der Waals surface area contributed by atoms with Crippen LogP contribution >= 0.6 is 0 Å². The number of likely N-dealkylation sites (tertiary alicyclic amines) is 1. The van der Waals surface area contributed by atoms with Gasteiger partial charge in [0.15, 0.2) is 0 Å². The van der Waals surface area contributed by atoms with Crippen LogP contribution in [0.5, 0.6) is 0 Å². The minimum absolute atomic E-state index is 0.0252. The predicted octanol–water partition coefficient (Wildman–Crippen LogP) is 2.07. The van der Waals surface area contributed by atoms with Gasteiger partial charge in [-0.1, -0.05) is 30.3 Å². The maximum atomic E-state index is 13.4. The second-order valence-electron chi connectivity index (χ2n) is 4.74. The van der Waals surface area contributed by atoms with Crippen molar-refractivity contribution in [3.05, 3.63) is 35.9 Å². The lowest BCUT2D eigenvalue weighted by Gasteiger charge is -2.32. The van der Waals surface area contributed by atoms with E-state index in [-0.39, 0.29) is 26.1 Å². The largest absolute Gasteiger partial charge is 0.481 e. The summed E-state index contributed by atoms with van der Waals surface area (Å²) in [5.74, 6) is -2.40. The van der Waals surface area contributed by atoms with Gasteiger partial charge in [-0.25, -0.2) is 9.18 Å². The summed E-state index contributed by atoms with van der Waals surface area (Å²) in [5.41, 5.74) is 0.844. The summed E-state index contributed by atoms with van der Waals surface area (Å²) in [5, 5.41) is 8.90. The number of ether oxygens (including phenoxy) is 1. The molecule has 0 radical (unpaired) electrons. The average Bonchev–Trinajstić information content (AvgIpc) is 2.46. The lowest BCUT2D eigenvalue weighted by Crippen LogP contribution is -2.47. The van der Waals surface area contributed by atoms with Crippen molar-refractivity contribution in [1.29, 1.82) is 0 Å². The molecule has 1 N–H and O–H groups in total. The van der Waals surface area contributed by atoms with Crippen LogP contribution in [-0.4, -0.2) is 41.3 Å². The number of piperidine rings is 1. The van der Waals surface area contributed by atoms with E-state index in [0.29, 0.717) is 0 Å². The van der Waals surface area contributed by atoms with Gasteiger partial charge in [0.2, 0.25) is 0 Å². The van der Waals surface area contributed by atoms with Gasteiger partial charge in [-0.05, 0) is 12.0 Å². The maximum absolute atomic E-state index is 13.4. The van der Waals surface area contributed by atoms with E-state index in [4.69, 9.17) is 9.84 Å². The van der Waals surface area contributed by atoms with Crippen molar-refractivity contribution in [1.82, 2.24) is 4.90 Å². The number of rotatable bonds is 3. The van der Waals surface area contributed by atoms with E-state index in [0.717, 1.165) is 5.56 Å². The molecular weight excluding hydrogens is 265 g/mol. The number of hydrogen-bond acceptors (Lipinski definition) is 3. The standard InChI is InChI=1S/C14H16FNO4/c15-12-6-7-16(8-11(12)13(17)18)14(19)20-9-10-4-2-1-3-5-10/h1-5,11-12H,6-9H2,(H,17,18). The number of carboxylic acid groups (broad SMARTS) is 1. The fraction of sp³-hybridized carbons (Fsp3) is 0.429. The van der Waals surface area contributed by atoms with Gasteiger partial charge in [0.05, 0.1) is 0 Å². The van der Waals surface area contributed by atoms with Crippen molar-refractivity contribution >= 4 is 12.1 Å². The average molecular weight is 281 g/mol. The monoisotopic (exact) mass is 281 g/mol. The number of benzene rings is 1. The maximum Gasteiger partial charge on any atom is 0.410 e. The number of carbonyl (C=O) groups excluding carboxylic acids is 1. The lowest BCUT2D eigenvalue weighted by molar-refractivity contribution is -0.146. The van der Waals surface area contributed by atoms with Gasteiger partial charge in [-0.3, -0.25) is 4.79 Å². The highest BCUT2D eigenvalue weighted by atomic mass is 19.1. The first kappa shape index (κ1) is 14.3. The number of aliphatic carboxylic acids is 1. The molecular formula is C14H16FNO4. The zero-order valence-corrected chi connectivity index (χ0v) is 10.9. The minimum atomic E-state index is -1.41. The number of nitrogens with zero attached hydrogens (tertiary/aromatic N) is 1. The quantitative estimate of drug-likeness (QED) is 0.921. The Bertz CT molecular complexity index is 479. The van der Waals surface area contributed by atoms with Gasteiger partial charge >= 0.3 is 12.1 Å². The highest BCUT2D eigenvalue weighted by Gasteiger charge is 2.36. The van der Waals surface area contributed by atoms with Crippen LogP contribution in [-0.2, 0) is 16.1 Å². The first-order chi connectivity index (χ1) is 9.58. The number of carboxylic acids is 1. The predicted molar refractivity (Wildman–Crippen MR) is 68.8 cm³/mol. The smallest absolute Gasteiger partial charge is 0.410 e. The van der Waals surface area contributed by atoms with Crippen LogP contribution in [0.3, 0.4) is 0 Å². The zero-order chi connectivity index (χ0) is 14.5. The molecule has 2 rings (SSSR count). The molecule has 0 saturated carbocycles. The molecule has 1 heterocycles. The van der Waals surface area contributed by atoms with Crippen LogP contribution in [0.1, 0.15) is 12.0 Å². The van der Waals surface area contributed by atoms with Gasteiger partial charge in [0, 0.05) is 13.1 Å². The number of carbonyl (C=O) groups is 2. The van der Waals surface area contributed by atoms with Crippen LogP contribution in [0.2, 0.25) is 0 Å². The summed E-state index contributed by atoms with van der Waals surface area (Å²) in [7, 11) is 0. The Morgan fingerprint density at radius 3 is 2.70 bits per heavy atom. The minimum Gasteiger partial charge on any atom is -0.481 e. The molecule has 1 aliphatic heterocycles. The normalized spacial score (nSPS) is 22.4. The van der Waals surface area contributed by atoms with Crippen molar-refractivity contribution in [3.8, 4) is 0 Å². The van der Waals surface area contributed by atoms with Crippen molar-refractivity contribution in [3.63, 3.8) is 0 Å². The van der Waals surface area contributed by atoms with Crippen molar-refractivity contribution < 1.29 is 23.8 Å². The zero-order valence-electron chi connectivity index (χ0n) is 10.9. The van der Waals surface area contributed by atoms with E-state index in [1.54, 1.807) is 0 Å². The Morgan fingerprint density at radius 2 is 2.05 bits per heavy atom. The summed E-state index contributed by atoms with van der Waals surface area (Å²) in [6.07, 6.45) is -1.99. The molecule has 20 heavy (non-hydrogen) atoms. The molecule has 108 valence electrons. The van der Waals surface area contributed by atoms with Crippen LogP contribution in [0.4, 0.5) is 9.18 Å². The third-order valence-electron chi connectivity index (χ3n) is 3.31. The summed E-state index contributed by atoms with van der Waals surface area (Å²) >= 11 is 0. The molecule has 6 heteroatoms. The number of halogens is 1. The molecule has 1 saturated heterocycles. The first-order valence-corrected chi connectivity index (χ1v) is 6.40. The van der Waals surface area contributed by atoms with E-state index < -0.39 is 24.2 Å². The third kappa shape index (κ3) is 3.46. The van der Waals surface area contributed by atoms with E-state index in [9.17, 15) is 14.0 Å². The van der Waals surface area contributed by atoms with Crippen molar-refractivity contribution in [2.45, 2.75) is 19.2 Å². The molecule has 0 aliphatic carbocycles. The van der Waals surface area contributed by atoms with E-state index >= 15 is 0 Å². The Morgan fingerprint density at radius 1 is 1.35 bits per heavy atom. The van der Waals surface area contributed by atoms with Gasteiger partial charge in [-0.2, -0.15) is 0 Å². The summed E-state index contributed by atoms with van der Waals surface area (Å²) in [6, 6.07) is 9.16. The second-order valence-corrected chi connectivity index (χ2v) is 4.74. The van der Waals surface area contributed by atoms with Crippen molar-refractivity contribution in [2.75, 3.05) is 13.1 Å². The molecule has 1 fully saturated rings. The second kappa shape index (κ2) is 6.36. The third-order valence-corrected chi connectivity index (χ3v) is 3.31. The van der Waals surface area contributed by atoms with Crippen molar-refractivity contribution in [2.24, 2.45) is 5.92 Å². The topological polar surface area (TPSA) is 66.8 Å².